The van der Waals surface area contributed by atoms with Gasteiger partial charge in [-0.15, -0.1) is 0 Å². The van der Waals surface area contributed by atoms with E-state index in [1.54, 1.807) is 5.57 Å². The quantitative estimate of drug-likeness (QED) is 0.548. The van der Waals surface area contributed by atoms with Crippen molar-refractivity contribution in [3.05, 3.63) is 22.8 Å². The van der Waals surface area contributed by atoms with Crippen molar-refractivity contribution in [3.63, 3.8) is 0 Å². The molecule has 0 N–H and O–H groups in total. The van der Waals surface area contributed by atoms with Crippen molar-refractivity contribution < 1.29 is 0 Å². The van der Waals surface area contributed by atoms with Gasteiger partial charge in [0.2, 0.25) is 0 Å². The normalized spacial score (nSPS) is 17.7. The molecule has 0 aliphatic heterocycles. The maximum Gasteiger partial charge on any atom is -0.0163 e. The van der Waals surface area contributed by atoms with Gasteiger partial charge in [-0.25, -0.2) is 0 Å². The minimum atomic E-state index is 0.851. The van der Waals surface area contributed by atoms with Crippen LogP contribution in [0, 0.1) is 5.92 Å². The Labute approximate surface area is 89.1 Å². The van der Waals surface area contributed by atoms with Crippen LogP contribution in [0.15, 0.2) is 22.8 Å². The van der Waals surface area contributed by atoms with Crippen LogP contribution in [0.1, 0.15) is 59.8 Å². The fourth-order valence-electron chi connectivity index (χ4n) is 2.40. The lowest BCUT2D eigenvalue weighted by atomic mass is 9.81. The van der Waals surface area contributed by atoms with E-state index in [1.807, 2.05) is 0 Å². The Morgan fingerprint density at radius 3 is 1.93 bits per heavy atom. The fraction of sp³-hybridized carbons (Fsp3) is 0.714. The monoisotopic (exact) mass is 192 g/mol. The van der Waals surface area contributed by atoms with Gasteiger partial charge in [-0.05, 0) is 52.0 Å². The molecule has 80 valence electrons. The van der Waals surface area contributed by atoms with Gasteiger partial charge >= 0.3 is 0 Å². The van der Waals surface area contributed by atoms with E-state index in [9.17, 15) is 0 Å². The van der Waals surface area contributed by atoms with Crippen LogP contribution in [-0.2, 0) is 0 Å². The van der Waals surface area contributed by atoms with Crippen LogP contribution >= 0.6 is 0 Å². The first-order chi connectivity index (χ1) is 6.61. The lowest BCUT2D eigenvalue weighted by Crippen LogP contribution is -2.09. The van der Waals surface area contributed by atoms with Crippen molar-refractivity contribution in [2.45, 2.75) is 59.8 Å². The van der Waals surface area contributed by atoms with Crippen molar-refractivity contribution in [2.75, 3.05) is 0 Å². The van der Waals surface area contributed by atoms with Crippen molar-refractivity contribution in [1.82, 2.24) is 0 Å². The Morgan fingerprint density at radius 2 is 1.50 bits per heavy atom. The highest BCUT2D eigenvalue weighted by atomic mass is 14.2. The van der Waals surface area contributed by atoms with E-state index in [2.05, 4.69) is 33.8 Å². The maximum absolute atomic E-state index is 2.39. The van der Waals surface area contributed by atoms with Crippen molar-refractivity contribution in [2.24, 2.45) is 5.92 Å². The molecular weight excluding hydrogens is 168 g/mol. The second-order valence-electron chi connectivity index (χ2n) is 5.01. The summed E-state index contributed by atoms with van der Waals surface area (Å²) >= 11 is 0. The molecule has 0 saturated heterocycles. The van der Waals surface area contributed by atoms with E-state index in [1.165, 1.54) is 43.3 Å². The second kappa shape index (κ2) is 5.38. The molecule has 0 spiro atoms. The lowest BCUT2D eigenvalue weighted by molar-refractivity contribution is 0.406. The highest BCUT2D eigenvalue weighted by Crippen LogP contribution is 2.32. The van der Waals surface area contributed by atoms with Crippen LogP contribution in [0.3, 0.4) is 0 Å². The first kappa shape index (κ1) is 11.6. The molecular formula is C14H24. The predicted molar refractivity (Wildman–Crippen MR) is 64.4 cm³/mol. The summed E-state index contributed by atoms with van der Waals surface area (Å²) in [4.78, 5) is 0. The van der Waals surface area contributed by atoms with Gasteiger partial charge in [-0.2, -0.15) is 0 Å². The van der Waals surface area contributed by atoms with Crippen LogP contribution in [0.5, 0.6) is 0 Å². The van der Waals surface area contributed by atoms with E-state index in [-0.39, 0.29) is 0 Å². The zero-order valence-electron chi connectivity index (χ0n) is 10.2. The average molecular weight is 192 g/mol. The first-order valence-electron chi connectivity index (χ1n) is 5.93. The number of hydrogen-bond donors (Lipinski definition) is 0. The molecule has 0 aromatic heterocycles. The van der Waals surface area contributed by atoms with E-state index in [0.29, 0.717) is 0 Å². The van der Waals surface area contributed by atoms with Crippen molar-refractivity contribution in [1.29, 1.82) is 0 Å². The molecule has 0 atom stereocenters. The summed E-state index contributed by atoms with van der Waals surface area (Å²) in [6.07, 6.45) is 9.51. The summed E-state index contributed by atoms with van der Waals surface area (Å²) in [5.41, 5.74) is 4.56. The summed E-state index contributed by atoms with van der Waals surface area (Å²) in [5, 5.41) is 0. The standard InChI is InChI=1S/C14H24/c1-11(2)10-14(12(3)4)13-8-6-5-7-9-13/h10,13H,5-9H2,1-4H3. The smallest absolute Gasteiger partial charge is 0.0163 e. The minimum Gasteiger partial charge on any atom is -0.0762 e. The van der Waals surface area contributed by atoms with Crippen LogP contribution in [-0.4, -0.2) is 0 Å². The summed E-state index contributed by atoms with van der Waals surface area (Å²) < 4.78 is 0. The molecule has 1 aliphatic carbocycles. The second-order valence-corrected chi connectivity index (χ2v) is 5.01. The molecule has 1 rings (SSSR count). The summed E-state index contributed by atoms with van der Waals surface area (Å²) in [6, 6.07) is 0. The molecule has 1 fully saturated rings. The van der Waals surface area contributed by atoms with E-state index < -0.39 is 0 Å². The fourth-order valence-corrected chi connectivity index (χ4v) is 2.40. The Morgan fingerprint density at radius 1 is 0.929 bits per heavy atom. The molecule has 0 heteroatoms. The molecule has 0 unspecified atom stereocenters. The van der Waals surface area contributed by atoms with Gasteiger partial charge < -0.3 is 0 Å². The lowest BCUT2D eigenvalue weighted by Gasteiger charge is -2.24. The third kappa shape index (κ3) is 3.32. The molecule has 0 nitrogen and oxygen atoms in total. The predicted octanol–water partition coefficient (Wildman–Crippen LogP) is 4.87. The largest absolute Gasteiger partial charge is 0.0762 e. The van der Waals surface area contributed by atoms with Crippen LogP contribution in [0.4, 0.5) is 0 Å². The molecule has 0 bridgehead atoms. The third-order valence-electron chi connectivity index (χ3n) is 3.07. The summed E-state index contributed by atoms with van der Waals surface area (Å²) in [5.74, 6) is 0.851. The van der Waals surface area contributed by atoms with Gasteiger partial charge in [0, 0.05) is 0 Å². The molecule has 0 amide bonds. The van der Waals surface area contributed by atoms with Crippen LogP contribution in [0.2, 0.25) is 0 Å². The Hall–Kier alpha value is -0.520. The van der Waals surface area contributed by atoms with Gasteiger partial charge in [-0.3, -0.25) is 0 Å². The Balaban J connectivity index is 2.78. The van der Waals surface area contributed by atoms with Gasteiger partial charge in [0.1, 0.15) is 0 Å². The Kier molecular flexibility index (Phi) is 4.44. The van der Waals surface area contributed by atoms with E-state index in [4.69, 9.17) is 0 Å². The molecule has 0 aromatic carbocycles. The highest BCUT2D eigenvalue weighted by Gasteiger charge is 2.16. The summed E-state index contributed by atoms with van der Waals surface area (Å²) in [7, 11) is 0. The summed E-state index contributed by atoms with van der Waals surface area (Å²) in [6.45, 7) is 8.91. The van der Waals surface area contributed by atoms with Crippen LogP contribution < -0.4 is 0 Å². The number of allylic oxidation sites excluding steroid dienone is 4. The molecule has 0 aromatic rings. The van der Waals surface area contributed by atoms with Crippen LogP contribution in [0.25, 0.3) is 0 Å². The van der Waals surface area contributed by atoms with Crippen molar-refractivity contribution in [3.8, 4) is 0 Å². The van der Waals surface area contributed by atoms with Gasteiger partial charge in [0.15, 0.2) is 0 Å². The van der Waals surface area contributed by atoms with E-state index >= 15 is 0 Å². The number of hydrogen-bond acceptors (Lipinski definition) is 0. The zero-order valence-corrected chi connectivity index (χ0v) is 10.2. The topological polar surface area (TPSA) is 0 Å². The third-order valence-corrected chi connectivity index (χ3v) is 3.07. The van der Waals surface area contributed by atoms with Gasteiger partial charge in [-0.1, -0.05) is 36.5 Å². The first-order valence-corrected chi connectivity index (χ1v) is 5.93. The Bertz CT molecular complexity index is 229. The van der Waals surface area contributed by atoms with E-state index in [0.717, 1.165) is 5.92 Å². The SMILES string of the molecule is CC(C)=CC(=C(C)C)C1CCCCC1. The van der Waals surface area contributed by atoms with Gasteiger partial charge in [0.25, 0.3) is 0 Å². The molecule has 1 aliphatic rings. The van der Waals surface area contributed by atoms with Crippen molar-refractivity contribution >= 4 is 0 Å². The average Bonchev–Trinajstić information content (AvgIpc) is 2.15. The number of rotatable bonds is 2. The molecule has 0 radical (unpaired) electrons. The zero-order chi connectivity index (χ0) is 10.6. The minimum absolute atomic E-state index is 0.851. The van der Waals surface area contributed by atoms with Gasteiger partial charge in [0.05, 0.1) is 0 Å². The molecule has 1 saturated carbocycles. The highest BCUT2D eigenvalue weighted by molar-refractivity contribution is 5.28. The molecule has 0 heterocycles. The maximum atomic E-state index is 2.39. The molecule has 14 heavy (non-hydrogen) atoms.